The molecule has 1 aromatic carbocycles. The molecule has 0 amide bonds. The molecule has 0 unspecified atom stereocenters. The smallest absolute Gasteiger partial charge is 0.145 e. The molecule has 2 N–H and O–H groups in total. The summed E-state index contributed by atoms with van der Waals surface area (Å²) < 4.78 is 7.84. The molecule has 108 valence electrons. The second-order valence-corrected chi connectivity index (χ2v) is 5.04. The van der Waals surface area contributed by atoms with Crippen LogP contribution in [0.3, 0.4) is 0 Å². The summed E-state index contributed by atoms with van der Waals surface area (Å²) in [5.74, 6) is 0.754. The molecule has 2 aromatic rings. The standard InChI is InChI=1S/C16H23N3O/c1-4-14(5-2)19-10-9-13(18-19)11-20-16-12(3)7-6-8-15(16)17/h6-10,14H,4-5,11,17H2,1-3H3. The lowest BCUT2D eigenvalue weighted by molar-refractivity contribution is 0.297. The van der Waals surface area contributed by atoms with E-state index < -0.39 is 0 Å². The first-order valence-corrected chi connectivity index (χ1v) is 7.17. The van der Waals surface area contributed by atoms with Crippen molar-refractivity contribution in [1.82, 2.24) is 9.78 Å². The molecule has 0 radical (unpaired) electrons. The molecule has 0 spiro atoms. The topological polar surface area (TPSA) is 53.1 Å². The van der Waals surface area contributed by atoms with E-state index in [1.165, 1.54) is 0 Å². The normalized spacial score (nSPS) is 11.0. The van der Waals surface area contributed by atoms with Crippen molar-refractivity contribution >= 4 is 5.69 Å². The van der Waals surface area contributed by atoms with Gasteiger partial charge >= 0.3 is 0 Å². The SMILES string of the molecule is CCC(CC)n1ccc(COc2c(C)cccc2N)n1. The highest BCUT2D eigenvalue weighted by molar-refractivity contribution is 5.56. The fourth-order valence-corrected chi connectivity index (χ4v) is 2.34. The number of rotatable bonds is 6. The molecule has 0 fully saturated rings. The Bertz CT molecular complexity index is 538. The van der Waals surface area contributed by atoms with E-state index in [2.05, 4.69) is 18.9 Å². The molecule has 4 heteroatoms. The first-order chi connectivity index (χ1) is 9.65. The quantitative estimate of drug-likeness (QED) is 0.816. The zero-order valence-corrected chi connectivity index (χ0v) is 12.5. The van der Waals surface area contributed by atoms with Crippen molar-refractivity contribution in [2.24, 2.45) is 0 Å². The Morgan fingerprint density at radius 2 is 2.00 bits per heavy atom. The Hall–Kier alpha value is -1.97. The average molecular weight is 273 g/mol. The van der Waals surface area contributed by atoms with Gasteiger partial charge in [-0.05, 0) is 37.5 Å². The van der Waals surface area contributed by atoms with Gasteiger partial charge in [0.1, 0.15) is 12.4 Å². The van der Waals surface area contributed by atoms with Gasteiger partial charge in [0.25, 0.3) is 0 Å². The van der Waals surface area contributed by atoms with Crippen LogP contribution in [-0.2, 0) is 6.61 Å². The van der Waals surface area contributed by atoms with E-state index >= 15 is 0 Å². The lowest BCUT2D eigenvalue weighted by Gasteiger charge is -2.13. The van der Waals surface area contributed by atoms with Gasteiger partial charge in [0.05, 0.1) is 17.4 Å². The maximum Gasteiger partial charge on any atom is 0.145 e. The number of hydrogen-bond acceptors (Lipinski definition) is 3. The second kappa shape index (κ2) is 6.46. The number of benzene rings is 1. The third-order valence-corrected chi connectivity index (χ3v) is 3.59. The summed E-state index contributed by atoms with van der Waals surface area (Å²) in [7, 11) is 0. The Labute approximate surface area is 120 Å². The van der Waals surface area contributed by atoms with Gasteiger partial charge in [0, 0.05) is 6.20 Å². The van der Waals surface area contributed by atoms with Crippen molar-refractivity contribution in [1.29, 1.82) is 0 Å². The first-order valence-electron chi connectivity index (χ1n) is 7.17. The van der Waals surface area contributed by atoms with Crippen molar-refractivity contribution in [3.05, 3.63) is 41.7 Å². The van der Waals surface area contributed by atoms with Crippen molar-refractivity contribution < 1.29 is 4.74 Å². The molecule has 20 heavy (non-hydrogen) atoms. The summed E-state index contributed by atoms with van der Waals surface area (Å²) in [5.41, 5.74) is 8.58. The van der Waals surface area contributed by atoms with Crippen molar-refractivity contribution in [3.63, 3.8) is 0 Å². The summed E-state index contributed by atoms with van der Waals surface area (Å²) in [5, 5.41) is 4.58. The molecule has 1 heterocycles. The van der Waals surface area contributed by atoms with Crippen LogP contribution in [0, 0.1) is 6.92 Å². The van der Waals surface area contributed by atoms with E-state index in [1.807, 2.05) is 42.1 Å². The van der Waals surface area contributed by atoms with Crippen LogP contribution < -0.4 is 10.5 Å². The maximum absolute atomic E-state index is 5.93. The highest BCUT2D eigenvalue weighted by atomic mass is 16.5. The fraction of sp³-hybridized carbons (Fsp3) is 0.438. The van der Waals surface area contributed by atoms with Crippen LogP contribution in [0.5, 0.6) is 5.75 Å². The highest BCUT2D eigenvalue weighted by Gasteiger charge is 2.09. The molecule has 4 nitrogen and oxygen atoms in total. The molecule has 0 bridgehead atoms. The van der Waals surface area contributed by atoms with Crippen LogP contribution in [0.4, 0.5) is 5.69 Å². The molecule has 0 aliphatic rings. The average Bonchev–Trinajstić information content (AvgIpc) is 2.88. The summed E-state index contributed by atoms with van der Waals surface area (Å²) >= 11 is 0. The van der Waals surface area contributed by atoms with Crippen LogP contribution in [0.2, 0.25) is 0 Å². The van der Waals surface area contributed by atoms with Gasteiger partial charge in [-0.1, -0.05) is 26.0 Å². The lowest BCUT2D eigenvalue weighted by atomic mass is 10.2. The summed E-state index contributed by atoms with van der Waals surface area (Å²) in [6, 6.07) is 8.25. The minimum atomic E-state index is 0.447. The molecule has 0 aliphatic heterocycles. The molecule has 0 aliphatic carbocycles. The number of anilines is 1. The lowest BCUT2D eigenvalue weighted by Crippen LogP contribution is -2.08. The van der Waals surface area contributed by atoms with Crippen LogP contribution in [0.1, 0.15) is 44.0 Å². The van der Waals surface area contributed by atoms with Crippen molar-refractivity contribution in [2.45, 2.75) is 46.3 Å². The van der Waals surface area contributed by atoms with E-state index in [9.17, 15) is 0 Å². The van der Waals surface area contributed by atoms with Gasteiger partial charge < -0.3 is 10.5 Å². The number of para-hydroxylation sites is 1. The Kier molecular flexibility index (Phi) is 4.66. The van der Waals surface area contributed by atoms with Crippen LogP contribution in [0.25, 0.3) is 0 Å². The molecular formula is C16H23N3O. The third-order valence-electron chi connectivity index (χ3n) is 3.59. The number of nitrogens with two attached hydrogens (primary N) is 1. The van der Waals surface area contributed by atoms with E-state index in [0.29, 0.717) is 18.3 Å². The minimum Gasteiger partial charge on any atom is -0.485 e. The molecular weight excluding hydrogens is 250 g/mol. The zero-order chi connectivity index (χ0) is 14.5. The van der Waals surface area contributed by atoms with Crippen molar-refractivity contribution in [3.8, 4) is 5.75 Å². The highest BCUT2D eigenvalue weighted by Crippen LogP contribution is 2.26. The van der Waals surface area contributed by atoms with Gasteiger partial charge in [-0.2, -0.15) is 5.10 Å². The molecule has 0 saturated heterocycles. The number of nitrogens with zero attached hydrogens (tertiary/aromatic N) is 2. The summed E-state index contributed by atoms with van der Waals surface area (Å²) in [4.78, 5) is 0. The first kappa shape index (κ1) is 14.4. The minimum absolute atomic E-state index is 0.447. The van der Waals surface area contributed by atoms with E-state index in [4.69, 9.17) is 10.5 Å². The van der Waals surface area contributed by atoms with Gasteiger partial charge in [-0.3, -0.25) is 4.68 Å². The van der Waals surface area contributed by atoms with Gasteiger partial charge in [-0.25, -0.2) is 0 Å². The molecule has 0 saturated carbocycles. The Morgan fingerprint density at radius 3 is 2.65 bits per heavy atom. The summed E-state index contributed by atoms with van der Waals surface area (Å²) in [6.07, 6.45) is 4.20. The van der Waals surface area contributed by atoms with Crippen LogP contribution in [0.15, 0.2) is 30.5 Å². The summed E-state index contributed by atoms with van der Waals surface area (Å²) in [6.45, 7) is 6.80. The predicted octanol–water partition coefficient (Wildman–Crippen LogP) is 3.71. The number of aromatic nitrogens is 2. The number of aryl methyl sites for hydroxylation is 1. The third kappa shape index (κ3) is 3.13. The van der Waals surface area contributed by atoms with E-state index in [0.717, 1.165) is 29.8 Å². The Balaban J connectivity index is 2.05. The van der Waals surface area contributed by atoms with Gasteiger partial charge in [0.2, 0.25) is 0 Å². The maximum atomic E-state index is 5.93. The molecule has 2 rings (SSSR count). The van der Waals surface area contributed by atoms with Gasteiger partial charge in [0.15, 0.2) is 0 Å². The predicted molar refractivity (Wildman–Crippen MR) is 81.8 cm³/mol. The second-order valence-electron chi connectivity index (χ2n) is 5.04. The number of hydrogen-bond donors (Lipinski definition) is 1. The van der Waals surface area contributed by atoms with E-state index in [1.54, 1.807) is 0 Å². The van der Waals surface area contributed by atoms with E-state index in [-0.39, 0.29) is 0 Å². The number of nitrogen functional groups attached to an aromatic ring is 1. The largest absolute Gasteiger partial charge is 0.485 e. The zero-order valence-electron chi connectivity index (χ0n) is 12.5. The fourth-order valence-electron chi connectivity index (χ4n) is 2.34. The van der Waals surface area contributed by atoms with Gasteiger partial charge in [-0.15, -0.1) is 0 Å². The molecule has 0 atom stereocenters. The van der Waals surface area contributed by atoms with Crippen LogP contribution in [-0.4, -0.2) is 9.78 Å². The van der Waals surface area contributed by atoms with Crippen molar-refractivity contribution in [2.75, 3.05) is 5.73 Å². The molecule has 1 aromatic heterocycles. The van der Waals surface area contributed by atoms with Crippen LogP contribution >= 0.6 is 0 Å². The number of ether oxygens (including phenoxy) is 1. The Morgan fingerprint density at radius 1 is 1.25 bits per heavy atom. The monoisotopic (exact) mass is 273 g/mol.